The second-order valence-electron chi connectivity index (χ2n) is 8.07. The molecule has 2 aliphatic heterocycles. The predicted octanol–water partition coefficient (Wildman–Crippen LogP) is 4.75. The van der Waals surface area contributed by atoms with Gasteiger partial charge in [0.15, 0.2) is 16.3 Å². The molecular weight excluding hydrogens is 469 g/mol. The van der Waals surface area contributed by atoms with Crippen LogP contribution in [0.25, 0.3) is 5.69 Å². The van der Waals surface area contributed by atoms with Crippen molar-refractivity contribution in [1.29, 1.82) is 0 Å². The summed E-state index contributed by atoms with van der Waals surface area (Å²) in [5, 5.41) is 0. The van der Waals surface area contributed by atoms with Crippen LogP contribution in [0.1, 0.15) is 17.7 Å². The molecule has 2 aliphatic rings. The largest absolute Gasteiger partial charge is 0.586 e. The van der Waals surface area contributed by atoms with E-state index < -0.39 is 6.29 Å². The topological polar surface area (TPSA) is 59.3 Å². The van der Waals surface area contributed by atoms with E-state index in [1.54, 1.807) is 33.9 Å². The normalized spacial score (nSPS) is 16.8. The van der Waals surface area contributed by atoms with Gasteiger partial charge < -0.3 is 19.3 Å². The highest BCUT2D eigenvalue weighted by Crippen LogP contribution is 2.41. The van der Waals surface area contributed by atoms with Crippen LogP contribution in [0.4, 0.5) is 23.7 Å². The number of urea groups is 1. The molecule has 7 nitrogen and oxygen atoms in total. The molecule has 0 N–H and O–H groups in total. The van der Waals surface area contributed by atoms with E-state index in [1.165, 1.54) is 35.6 Å². The lowest BCUT2D eigenvalue weighted by Crippen LogP contribution is -2.27. The number of nitrogens with zero attached hydrogens (tertiary/aromatic N) is 4. The van der Waals surface area contributed by atoms with Crippen molar-refractivity contribution >= 4 is 23.1 Å². The molecular formula is C23H21F3N4O3S. The Morgan fingerprint density at radius 3 is 2.56 bits per heavy atom. The summed E-state index contributed by atoms with van der Waals surface area (Å²) < 4.78 is 51.0. The molecule has 0 unspecified atom stereocenters. The Balaban J connectivity index is 1.50. The van der Waals surface area contributed by atoms with Gasteiger partial charge in [0, 0.05) is 43.0 Å². The molecule has 5 rings (SSSR count). The van der Waals surface area contributed by atoms with Crippen LogP contribution in [0.5, 0.6) is 11.5 Å². The number of hydrogen-bond acceptors (Lipinski definition) is 5. The Hall–Kier alpha value is -3.47. The number of carbonyl (C=O) groups excluding carboxylic acids is 1. The van der Waals surface area contributed by atoms with E-state index in [1.807, 2.05) is 11.9 Å². The second-order valence-corrected chi connectivity index (χ2v) is 9.16. The predicted molar refractivity (Wildman–Crippen MR) is 120 cm³/mol. The van der Waals surface area contributed by atoms with Crippen LogP contribution in [-0.2, 0) is 6.54 Å². The number of hydrogen-bond donors (Lipinski definition) is 0. The lowest BCUT2D eigenvalue weighted by molar-refractivity contribution is -0.286. The highest BCUT2D eigenvalue weighted by Gasteiger charge is 2.43. The number of carbonyl (C=O) groups is 1. The van der Waals surface area contributed by atoms with Crippen molar-refractivity contribution in [3.05, 3.63) is 64.2 Å². The fourth-order valence-corrected chi connectivity index (χ4v) is 4.93. The number of anilines is 1. The van der Waals surface area contributed by atoms with E-state index in [9.17, 15) is 18.0 Å². The molecule has 1 saturated heterocycles. The fourth-order valence-electron chi connectivity index (χ4n) is 3.90. The number of rotatable bonds is 4. The van der Waals surface area contributed by atoms with Gasteiger partial charge in [-0.2, -0.15) is 4.99 Å². The molecule has 0 radical (unpaired) electrons. The zero-order valence-electron chi connectivity index (χ0n) is 18.2. The van der Waals surface area contributed by atoms with E-state index in [2.05, 4.69) is 14.5 Å². The molecule has 0 aliphatic carbocycles. The molecule has 3 aromatic rings. The van der Waals surface area contributed by atoms with Crippen LogP contribution in [0, 0.1) is 5.82 Å². The molecule has 11 heteroatoms. The Morgan fingerprint density at radius 1 is 1.12 bits per heavy atom. The Labute approximate surface area is 197 Å². The Bertz CT molecular complexity index is 1280. The number of fused-ring (bicyclic) bond motifs is 1. The summed E-state index contributed by atoms with van der Waals surface area (Å²) in [5.74, 6) is -0.475. The van der Waals surface area contributed by atoms with Gasteiger partial charge >= 0.3 is 12.3 Å². The number of aromatic nitrogens is 1. The minimum absolute atomic E-state index is 0.0625. The standard InChI is InChI=1S/C23H21F3N4O3S/c1-28(16-6-4-15(24)5-7-16)13-18-14-30(22(34-18)27-21(31)29-10-2-3-11-29)17-8-9-19-20(12-17)33-23(25,26)32-19/h4-9,12,14H,2-3,10-11,13H2,1H3/b27-22-. The van der Waals surface area contributed by atoms with Crippen LogP contribution < -0.4 is 19.2 Å². The second kappa shape index (κ2) is 8.71. The molecule has 1 aromatic heterocycles. The van der Waals surface area contributed by atoms with Crippen LogP contribution in [-0.4, -0.2) is 41.9 Å². The van der Waals surface area contributed by atoms with Gasteiger partial charge in [0.2, 0.25) is 0 Å². The molecule has 1 fully saturated rings. The first-order valence-corrected chi connectivity index (χ1v) is 11.5. The van der Waals surface area contributed by atoms with Gasteiger partial charge in [0.25, 0.3) is 0 Å². The Kier molecular flexibility index (Phi) is 5.72. The summed E-state index contributed by atoms with van der Waals surface area (Å²) in [7, 11) is 1.87. The van der Waals surface area contributed by atoms with Crippen molar-refractivity contribution < 1.29 is 27.4 Å². The van der Waals surface area contributed by atoms with E-state index in [0.717, 1.165) is 23.4 Å². The molecule has 0 atom stereocenters. The summed E-state index contributed by atoms with van der Waals surface area (Å²) in [4.78, 5) is 21.9. The number of benzene rings is 2. The number of alkyl halides is 2. The fraction of sp³-hybridized carbons (Fsp3) is 0.304. The SMILES string of the molecule is CN(Cc1cn(-c2ccc3c(c2)OC(F)(F)O3)/c(=N/C(=O)N2CCCC2)s1)c1ccc(F)cc1. The van der Waals surface area contributed by atoms with Gasteiger partial charge in [-0.3, -0.25) is 4.57 Å². The number of ether oxygens (including phenoxy) is 2. The number of amides is 2. The van der Waals surface area contributed by atoms with E-state index in [0.29, 0.717) is 30.1 Å². The first kappa shape index (κ1) is 22.3. The highest BCUT2D eigenvalue weighted by molar-refractivity contribution is 7.09. The third kappa shape index (κ3) is 4.60. The first-order valence-electron chi connectivity index (χ1n) is 10.7. The van der Waals surface area contributed by atoms with Crippen LogP contribution in [0.15, 0.2) is 53.7 Å². The lowest BCUT2D eigenvalue weighted by atomic mass is 10.2. The molecule has 2 aromatic carbocycles. The molecule has 0 spiro atoms. The maximum atomic E-state index is 13.5. The van der Waals surface area contributed by atoms with E-state index >= 15 is 0 Å². The third-order valence-electron chi connectivity index (χ3n) is 5.59. The quantitative estimate of drug-likeness (QED) is 0.530. The van der Waals surface area contributed by atoms with Gasteiger partial charge in [-0.15, -0.1) is 8.78 Å². The Morgan fingerprint density at radius 2 is 1.82 bits per heavy atom. The van der Waals surface area contributed by atoms with Crippen molar-refractivity contribution in [2.75, 3.05) is 25.0 Å². The molecule has 178 valence electrons. The number of halogens is 3. The van der Waals surface area contributed by atoms with Crippen molar-refractivity contribution in [2.45, 2.75) is 25.7 Å². The van der Waals surface area contributed by atoms with Gasteiger partial charge in [-0.05, 0) is 49.2 Å². The monoisotopic (exact) mass is 490 g/mol. The maximum Gasteiger partial charge on any atom is 0.586 e. The van der Waals surface area contributed by atoms with E-state index in [-0.39, 0.29) is 23.3 Å². The summed E-state index contributed by atoms with van der Waals surface area (Å²) in [6.45, 7) is 1.78. The summed E-state index contributed by atoms with van der Waals surface area (Å²) in [6, 6.07) is 10.2. The molecule has 3 heterocycles. The zero-order chi connectivity index (χ0) is 23.9. The van der Waals surface area contributed by atoms with Crippen molar-refractivity contribution in [1.82, 2.24) is 9.47 Å². The van der Waals surface area contributed by atoms with Gasteiger partial charge in [0.05, 0.1) is 12.2 Å². The summed E-state index contributed by atoms with van der Waals surface area (Å²) in [6.07, 6.45) is -0.0374. The average Bonchev–Trinajstić information content (AvgIpc) is 3.51. The maximum absolute atomic E-state index is 13.5. The number of thiazole rings is 1. The smallest absolute Gasteiger partial charge is 0.395 e. The van der Waals surface area contributed by atoms with Gasteiger partial charge in [-0.25, -0.2) is 9.18 Å². The van der Waals surface area contributed by atoms with Crippen molar-refractivity contribution in [3.63, 3.8) is 0 Å². The van der Waals surface area contributed by atoms with Crippen LogP contribution in [0.3, 0.4) is 0 Å². The molecule has 34 heavy (non-hydrogen) atoms. The van der Waals surface area contributed by atoms with Gasteiger partial charge in [-0.1, -0.05) is 11.3 Å². The zero-order valence-corrected chi connectivity index (χ0v) is 19.0. The van der Waals surface area contributed by atoms with Crippen molar-refractivity contribution in [2.24, 2.45) is 4.99 Å². The summed E-state index contributed by atoms with van der Waals surface area (Å²) >= 11 is 1.31. The molecule has 0 bridgehead atoms. The summed E-state index contributed by atoms with van der Waals surface area (Å²) in [5.41, 5.74) is 1.32. The molecule has 2 amide bonds. The average molecular weight is 491 g/mol. The van der Waals surface area contributed by atoms with Gasteiger partial charge in [0.1, 0.15) is 5.82 Å². The van der Waals surface area contributed by atoms with Crippen LogP contribution >= 0.6 is 11.3 Å². The minimum Gasteiger partial charge on any atom is -0.395 e. The van der Waals surface area contributed by atoms with Crippen molar-refractivity contribution in [3.8, 4) is 17.2 Å². The lowest BCUT2D eigenvalue weighted by Gasteiger charge is -2.18. The minimum atomic E-state index is -3.72. The highest BCUT2D eigenvalue weighted by atomic mass is 32.1. The van der Waals surface area contributed by atoms with E-state index in [4.69, 9.17) is 0 Å². The van der Waals surface area contributed by atoms with Crippen LogP contribution in [0.2, 0.25) is 0 Å². The number of likely N-dealkylation sites (tertiary alicyclic amines) is 1. The first-order chi connectivity index (χ1) is 16.3. The molecule has 0 saturated carbocycles. The third-order valence-corrected chi connectivity index (χ3v) is 6.56.